The summed E-state index contributed by atoms with van der Waals surface area (Å²) in [4.78, 5) is 14.6. The molecule has 0 aromatic heterocycles. The van der Waals surface area contributed by atoms with Gasteiger partial charge in [0.25, 0.3) is 0 Å². The van der Waals surface area contributed by atoms with Crippen molar-refractivity contribution in [1.29, 1.82) is 5.41 Å². The van der Waals surface area contributed by atoms with Gasteiger partial charge in [-0.3, -0.25) is 5.41 Å². The van der Waals surface area contributed by atoms with Crippen LogP contribution in [0.5, 0.6) is 0 Å². The summed E-state index contributed by atoms with van der Waals surface area (Å²) >= 11 is 6.02. The highest BCUT2D eigenvalue weighted by atomic mass is 35.5. The third-order valence-electron chi connectivity index (χ3n) is 4.76. The minimum atomic E-state index is -1.17. The number of anilines is 1. The van der Waals surface area contributed by atoms with E-state index in [0.717, 1.165) is 5.56 Å². The number of aliphatic hydroxyl groups excluding tert-OH is 1. The lowest BCUT2D eigenvalue weighted by atomic mass is 9.95. The molecule has 2 heterocycles. The van der Waals surface area contributed by atoms with Gasteiger partial charge in [-0.25, -0.2) is 4.79 Å². The van der Waals surface area contributed by atoms with Gasteiger partial charge in [0.2, 0.25) is 5.79 Å². The van der Waals surface area contributed by atoms with E-state index < -0.39 is 24.4 Å². The minimum Gasteiger partial charge on any atom is -0.454 e. The first kappa shape index (κ1) is 18.5. The van der Waals surface area contributed by atoms with E-state index in [0.29, 0.717) is 16.3 Å². The maximum atomic E-state index is 12.9. The molecule has 0 fully saturated rings. The Morgan fingerprint density at radius 2 is 1.82 bits per heavy atom. The predicted octanol–water partition coefficient (Wildman–Crippen LogP) is 3.78. The van der Waals surface area contributed by atoms with Crippen molar-refractivity contribution in [2.75, 3.05) is 11.5 Å². The molecule has 4 rings (SSSR count). The molecule has 2 aromatic rings. The normalized spacial score (nSPS) is 20.7. The summed E-state index contributed by atoms with van der Waals surface area (Å²) in [5.41, 5.74) is 2.35. The number of amidine groups is 1. The molecular weight excluding hydrogens is 380 g/mol. The Labute approximate surface area is 167 Å². The van der Waals surface area contributed by atoms with E-state index in [1.54, 1.807) is 43.0 Å². The van der Waals surface area contributed by atoms with Crippen LogP contribution in [-0.4, -0.2) is 29.3 Å². The van der Waals surface area contributed by atoms with E-state index in [1.165, 1.54) is 0 Å². The molecule has 2 aliphatic rings. The Hall–Kier alpha value is -2.83. The van der Waals surface area contributed by atoms with Crippen LogP contribution in [0, 0.1) is 5.41 Å². The van der Waals surface area contributed by atoms with E-state index in [-0.39, 0.29) is 17.2 Å². The molecule has 144 valence electrons. The fourth-order valence-corrected chi connectivity index (χ4v) is 3.79. The van der Waals surface area contributed by atoms with E-state index in [9.17, 15) is 9.90 Å². The van der Waals surface area contributed by atoms with Crippen LogP contribution in [-0.2, 0) is 14.3 Å². The fraction of sp³-hybridized carbons (Fsp3) is 0.238. The number of carbonyl (C=O) groups excluding carboxylic acids is 1. The third kappa shape index (κ3) is 2.95. The van der Waals surface area contributed by atoms with E-state index in [1.807, 2.05) is 24.3 Å². The van der Waals surface area contributed by atoms with Crippen LogP contribution in [0.1, 0.15) is 31.0 Å². The summed E-state index contributed by atoms with van der Waals surface area (Å²) in [6.45, 7) is 2.77. The van der Waals surface area contributed by atoms with Crippen LogP contribution in [0.4, 0.5) is 5.69 Å². The summed E-state index contributed by atoms with van der Waals surface area (Å²) in [7, 11) is 0. The van der Waals surface area contributed by atoms with E-state index in [4.69, 9.17) is 26.5 Å². The van der Waals surface area contributed by atoms with Crippen molar-refractivity contribution in [2.24, 2.45) is 0 Å². The van der Waals surface area contributed by atoms with Gasteiger partial charge in [-0.1, -0.05) is 35.9 Å². The Balaban J connectivity index is 1.93. The average Bonchev–Trinajstić information content (AvgIpc) is 2.94. The molecule has 0 radical (unpaired) electrons. The number of hydrogen-bond acceptors (Lipinski definition) is 5. The van der Waals surface area contributed by atoms with Gasteiger partial charge in [0.15, 0.2) is 0 Å². The summed E-state index contributed by atoms with van der Waals surface area (Å²) in [5.74, 6) is -1.36. The molecule has 1 unspecified atom stereocenters. The Bertz CT molecular complexity index is 998. The summed E-state index contributed by atoms with van der Waals surface area (Å²) in [6, 6.07) is 13.8. The van der Waals surface area contributed by atoms with Gasteiger partial charge in [0, 0.05) is 30.1 Å². The zero-order chi connectivity index (χ0) is 20.1. The summed E-state index contributed by atoms with van der Waals surface area (Å²) in [6.07, 6.45) is 0. The van der Waals surface area contributed by atoms with Crippen LogP contribution in [0.25, 0.3) is 0 Å². The first-order valence-electron chi connectivity index (χ1n) is 8.81. The lowest BCUT2D eigenvalue weighted by Crippen LogP contribution is -2.41. The number of carbonyl (C=O) groups is 1. The third-order valence-corrected chi connectivity index (χ3v) is 5.01. The molecule has 2 aromatic carbocycles. The number of benzene rings is 2. The van der Waals surface area contributed by atoms with Crippen LogP contribution < -0.4 is 4.90 Å². The molecule has 2 aliphatic heterocycles. The predicted molar refractivity (Wildman–Crippen MR) is 105 cm³/mol. The van der Waals surface area contributed by atoms with Crippen molar-refractivity contribution in [2.45, 2.75) is 25.7 Å². The summed E-state index contributed by atoms with van der Waals surface area (Å²) < 4.78 is 11.2. The molecule has 0 bridgehead atoms. The molecule has 0 saturated carbocycles. The van der Waals surface area contributed by atoms with Crippen LogP contribution >= 0.6 is 11.6 Å². The van der Waals surface area contributed by atoms with E-state index >= 15 is 0 Å². The number of cyclic esters (lactones) is 1. The van der Waals surface area contributed by atoms with Crippen LogP contribution in [0.15, 0.2) is 59.9 Å². The monoisotopic (exact) mass is 398 g/mol. The molecule has 1 atom stereocenters. The Kier molecular flexibility index (Phi) is 4.40. The number of rotatable bonds is 3. The van der Waals surface area contributed by atoms with Gasteiger partial charge in [-0.05, 0) is 29.8 Å². The minimum absolute atomic E-state index is 0.148. The molecule has 0 spiro atoms. The molecule has 28 heavy (non-hydrogen) atoms. The van der Waals surface area contributed by atoms with Crippen molar-refractivity contribution in [1.82, 2.24) is 0 Å². The van der Waals surface area contributed by atoms with Gasteiger partial charge in [0.1, 0.15) is 23.8 Å². The number of aliphatic hydroxyl groups is 1. The van der Waals surface area contributed by atoms with Gasteiger partial charge in [0.05, 0.1) is 6.04 Å². The van der Waals surface area contributed by atoms with Crippen molar-refractivity contribution in [3.05, 3.63) is 76.0 Å². The molecule has 0 aliphatic carbocycles. The van der Waals surface area contributed by atoms with Crippen LogP contribution in [0.3, 0.4) is 0 Å². The number of ether oxygens (including phenoxy) is 2. The SMILES string of the molecule is CC1(C)OC(=O)C(C2c3ccccc3C(=N)N2c2ccc(Cl)cc2)=C(CO)O1. The second-order valence-electron chi connectivity index (χ2n) is 7.07. The number of nitrogens with zero attached hydrogens (tertiary/aromatic N) is 1. The van der Waals surface area contributed by atoms with Crippen molar-refractivity contribution >= 4 is 29.1 Å². The van der Waals surface area contributed by atoms with E-state index in [2.05, 4.69) is 0 Å². The largest absolute Gasteiger partial charge is 0.454 e. The zero-order valence-corrected chi connectivity index (χ0v) is 16.2. The number of esters is 1. The maximum absolute atomic E-state index is 12.9. The maximum Gasteiger partial charge on any atom is 0.343 e. The second-order valence-corrected chi connectivity index (χ2v) is 7.51. The summed E-state index contributed by atoms with van der Waals surface area (Å²) in [5, 5.41) is 19.2. The van der Waals surface area contributed by atoms with Crippen molar-refractivity contribution < 1.29 is 19.4 Å². The number of nitrogens with one attached hydrogen (secondary N) is 1. The van der Waals surface area contributed by atoms with Gasteiger partial charge in [-0.2, -0.15) is 0 Å². The van der Waals surface area contributed by atoms with Gasteiger partial charge < -0.3 is 19.5 Å². The first-order chi connectivity index (χ1) is 13.3. The lowest BCUT2D eigenvalue weighted by molar-refractivity contribution is -0.210. The quantitative estimate of drug-likeness (QED) is 0.769. The van der Waals surface area contributed by atoms with Crippen LogP contribution in [0.2, 0.25) is 5.02 Å². The Morgan fingerprint density at radius 1 is 1.14 bits per heavy atom. The highest BCUT2D eigenvalue weighted by molar-refractivity contribution is 6.30. The lowest BCUT2D eigenvalue weighted by Gasteiger charge is -2.37. The number of fused-ring (bicyclic) bond motifs is 1. The molecule has 2 N–H and O–H groups in total. The fourth-order valence-electron chi connectivity index (χ4n) is 3.66. The number of hydrogen-bond donors (Lipinski definition) is 2. The number of halogens is 1. The van der Waals surface area contributed by atoms with Gasteiger partial charge >= 0.3 is 5.97 Å². The topological polar surface area (TPSA) is 82.9 Å². The average molecular weight is 399 g/mol. The standard InChI is InChI=1S/C21H19ClN2O4/c1-21(2)27-16(11-25)17(20(26)28-21)18-14-5-3-4-6-15(14)19(23)24(18)13-9-7-12(22)8-10-13/h3-10,18,23,25H,11H2,1-2H3. The van der Waals surface area contributed by atoms with Crippen molar-refractivity contribution in [3.8, 4) is 0 Å². The molecule has 7 heteroatoms. The molecule has 0 amide bonds. The molecule has 6 nitrogen and oxygen atoms in total. The highest BCUT2D eigenvalue weighted by Crippen LogP contribution is 2.45. The second kappa shape index (κ2) is 6.65. The highest BCUT2D eigenvalue weighted by Gasteiger charge is 2.46. The van der Waals surface area contributed by atoms with Crippen molar-refractivity contribution in [3.63, 3.8) is 0 Å². The Morgan fingerprint density at radius 3 is 2.50 bits per heavy atom. The van der Waals surface area contributed by atoms with Gasteiger partial charge in [-0.15, -0.1) is 0 Å². The molecule has 0 saturated heterocycles. The first-order valence-corrected chi connectivity index (χ1v) is 9.19. The molecular formula is C21H19ClN2O4. The smallest absolute Gasteiger partial charge is 0.343 e. The zero-order valence-electron chi connectivity index (χ0n) is 15.4.